The van der Waals surface area contributed by atoms with Gasteiger partial charge in [0.1, 0.15) is 5.75 Å². The van der Waals surface area contributed by atoms with Crippen LogP contribution < -0.4 is 9.64 Å². The summed E-state index contributed by atoms with van der Waals surface area (Å²) in [5.74, 6) is -0.435. The molecule has 0 saturated carbocycles. The topological polar surface area (TPSA) is 66.8 Å². The monoisotopic (exact) mass is 657 g/mol. The van der Waals surface area contributed by atoms with Gasteiger partial charge in [0.05, 0.1) is 12.8 Å². The first-order valence-corrected chi connectivity index (χ1v) is 10.4. The van der Waals surface area contributed by atoms with Crippen LogP contribution in [0.25, 0.3) is 0 Å². The number of aliphatic carboxylic acids is 1. The van der Waals surface area contributed by atoms with Crippen molar-refractivity contribution in [2.75, 3.05) is 11.4 Å². The van der Waals surface area contributed by atoms with Gasteiger partial charge < -0.3 is 14.7 Å². The van der Waals surface area contributed by atoms with E-state index in [4.69, 9.17) is 4.74 Å². The second kappa shape index (κ2) is 9.59. The van der Waals surface area contributed by atoms with Gasteiger partial charge in [0.15, 0.2) is 6.10 Å². The van der Waals surface area contributed by atoms with Crippen LogP contribution in [-0.2, 0) is 9.59 Å². The predicted molar refractivity (Wildman–Crippen MR) is 115 cm³/mol. The first kappa shape index (κ1) is 21.2. The molecule has 0 radical (unpaired) electrons. The van der Waals surface area contributed by atoms with Crippen molar-refractivity contribution in [2.45, 2.75) is 39.7 Å². The van der Waals surface area contributed by atoms with Crippen molar-refractivity contribution >= 4 is 85.3 Å². The standard InChI is InChI=1S/C15H18I3NO4/c1-4-10(15(21)22)23-14-9(17)7-8(16)13(12(14)18)19(6-3)11(20)5-2/h7,10H,4-6H2,1-3H3,(H,21,22). The number of hydrogen-bond donors (Lipinski definition) is 1. The van der Waals surface area contributed by atoms with Crippen LogP contribution in [-0.4, -0.2) is 29.6 Å². The van der Waals surface area contributed by atoms with Gasteiger partial charge in [-0.1, -0.05) is 13.8 Å². The summed E-state index contributed by atoms with van der Waals surface area (Å²) >= 11 is 6.46. The lowest BCUT2D eigenvalue weighted by atomic mass is 10.2. The van der Waals surface area contributed by atoms with Gasteiger partial charge in [0.2, 0.25) is 5.91 Å². The number of carboxylic acid groups (broad SMARTS) is 1. The van der Waals surface area contributed by atoms with Crippen molar-refractivity contribution in [3.63, 3.8) is 0 Å². The van der Waals surface area contributed by atoms with E-state index in [1.54, 1.807) is 11.8 Å². The van der Waals surface area contributed by atoms with Crippen molar-refractivity contribution in [1.29, 1.82) is 0 Å². The summed E-state index contributed by atoms with van der Waals surface area (Å²) in [6.45, 7) is 6.07. The van der Waals surface area contributed by atoms with E-state index in [1.807, 2.05) is 19.9 Å². The third kappa shape index (κ3) is 5.06. The fourth-order valence-corrected chi connectivity index (χ4v) is 6.23. The molecule has 8 heteroatoms. The quantitative estimate of drug-likeness (QED) is 0.439. The SMILES string of the molecule is CCC(=O)N(CC)c1c(I)cc(I)c(OC(CC)C(=O)O)c1I. The Morgan fingerprint density at radius 2 is 1.83 bits per heavy atom. The fourth-order valence-electron chi connectivity index (χ4n) is 2.02. The van der Waals surface area contributed by atoms with E-state index in [0.29, 0.717) is 25.1 Å². The molecule has 0 saturated heterocycles. The highest BCUT2D eigenvalue weighted by Gasteiger charge is 2.26. The number of halogens is 3. The van der Waals surface area contributed by atoms with Crippen LogP contribution in [0.15, 0.2) is 6.07 Å². The molecule has 0 aliphatic rings. The van der Waals surface area contributed by atoms with E-state index >= 15 is 0 Å². The number of carbonyl (C=O) groups is 2. The zero-order valence-corrected chi connectivity index (χ0v) is 19.5. The summed E-state index contributed by atoms with van der Waals surface area (Å²) in [6, 6.07) is 1.91. The maximum atomic E-state index is 12.2. The molecule has 0 aromatic heterocycles. The van der Waals surface area contributed by atoms with Gasteiger partial charge in [-0.2, -0.15) is 0 Å². The third-order valence-corrected chi connectivity index (χ3v) is 5.82. The van der Waals surface area contributed by atoms with Crippen molar-refractivity contribution in [2.24, 2.45) is 0 Å². The lowest BCUT2D eigenvalue weighted by Crippen LogP contribution is -2.32. The maximum absolute atomic E-state index is 12.2. The molecule has 1 aromatic rings. The van der Waals surface area contributed by atoms with Gasteiger partial charge in [-0.3, -0.25) is 4.79 Å². The number of nitrogens with zero attached hydrogens (tertiary/aromatic N) is 1. The van der Waals surface area contributed by atoms with Crippen LogP contribution in [0.4, 0.5) is 5.69 Å². The zero-order valence-electron chi connectivity index (χ0n) is 13.0. The molecule has 1 amide bonds. The highest BCUT2D eigenvalue weighted by atomic mass is 127. The fraction of sp³-hybridized carbons (Fsp3) is 0.467. The van der Waals surface area contributed by atoms with Gasteiger partial charge in [-0.15, -0.1) is 0 Å². The summed E-state index contributed by atoms with van der Waals surface area (Å²) in [5, 5.41) is 9.23. The van der Waals surface area contributed by atoms with Crippen LogP contribution in [0.1, 0.15) is 33.6 Å². The van der Waals surface area contributed by atoms with E-state index in [9.17, 15) is 14.7 Å². The average molecular weight is 657 g/mol. The van der Waals surface area contributed by atoms with Gasteiger partial charge in [0.25, 0.3) is 0 Å². The van der Waals surface area contributed by atoms with E-state index in [0.717, 1.165) is 16.4 Å². The Balaban J connectivity index is 3.42. The summed E-state index contributed by atoms with van der Waals surface area (Å²) in [7, 11) is 0. The van der Waals surface area contributed by atoms with E-state index < -0.39 is 12.1 Å². The number of carboxylic acids is 1. The van der Waals surface area contributed by atoms with Crippen LogP contribution in [0.5, 0.6) is 5.75 Å². The van der Waals surface area contributed by atoms with E-state index in [1.165, 1.54) is 0 Å². The van der Waals surface area contributed by atoms with Crippen LogP contribution in [0.2, 0.25) is 0 Å². The molecule has 1 atom stereocenters. The number of amides is 1. The Labute approximate surface area is 176 Å². The minimum absolute atomic E-state index is 0.0285. The molecule has 1 aromatic carbocycles. The normalized spacial score (nSPS) is 11.9. The van der Waals surface area contributed by atoms with Crippen LogP contribution >= 0.6 is 67.8 Å². The molecular formula is C15H18I3NO4. The Morgan fingerprint density at radius 3 is 2.26 bits per heavy atom. The highest BCUT2D eigenvalue weighted by molar-refractivity contribution is 14.1. The minimum atomic E-state index is -0.990. The first-order valence-electron chi connectivity index (χ1n) is 7.15. The number of rotatable bonds is 7. The van der Waals surface area contributed by atoms with Crippen molar-refractivity contribution < 1.29 is 19.4 Å². The summed E-state index contributed by atoms with van der Waals surface area (Å²) in [4.78, 5) is 25.2. The summed E-state index contributed by atoms with van der Waals surface area (Å²) < 4.78 is 8.27. The summed E-state index contributed by atoms with van der Waals surface area (Å²) in [6.07, 6.45) is -0.120. The van der Waals surface area contributed by atoms with Crippen molar-refractivity contribution in [3.8, 4) is 5.75 Å². The molecule has 128 valence electrons. The summed E-state index contributed by atoms with van der Waals surface area (Å²) in [5.41, 5.74) is 0.788. The molecule has 1 N–H and O–H groups in total. The molecular weight excluding hydrogens is 639 g/mol. The molecule has 5 nitrogen and oxygen atoms in total. The Hall–Kier alpha value is 0.150. The predicted octanol–water partition coefficient (Wildman–Crippen LogP) is 4.51. The molecule has 0 aliphatic carbocycles. The van der Waals surface area contributed by atoms with Crippen LogP contribution in [0, 0.1) is 10.7 Å². The van der Waals surface area contributed by atoms with Crippen molar-refractivity contribution in [1.82, 2.24) is 0 Å². The second-order valence-electron chi connectivity index (χ2n) is 4.68. The van der Waals surface area contributed by atoms with Crippen molar-refractivity contribution in [3.05, 3.63) is 16.8 Å². The van der Waals surface area contributed by atoms with Gasteiger partial charge >= 0.3 is 5.97 Å². The zero-order chi connectivity index (χ0) is 17.7. The molecule has 1 unspecified atom stereocenters. The first-order chi connectivity index (χ1) is 10.8. The molecule has 0 bridgehead atoms. The number of hydrogen-bond acceptors (Lipinski definition) is 3. The molecule has 1 rings (SSSR count). The van der Waals surface area contributed by atoms with Gasteiger partial charge in [-0.25, -0.2) is 4.79 Å². The largest absolute Gasteiger partial charge is 0.479 e. The average Bonchev–Trinajstić information content (AvgIpc) is 2.50. The Bertz CT molecular complexity index is 607. The highest BCUT2D eigenvalue weighted by Crippen LogP contribution is 2.39. The van der Waals surface area contributed by atoms with E-state index in [2.05, 4.69) is 67.8 Å². The Kier molecular flexibility index (Phi) is 8.83. The number of anilines is 1. The minimum Gasteiger partial charge on any atom is -0.479 e. The number of ether oxygens (including phenoxy) is 1. The Morgan fingerprint density at radius 1 is 1.22 bits per heavy atom. The van der Waals surface area contributed by atoms with Gasteiger partial charge in [-0.05, 0) is 87.2 Å². The van der Waals surface area contributed by atoms with E-state index in [-0.39, 0.29) is 5.91 Å². The second-order valence-corrected chi connectivity index (χ2v) is 8.08. The lowest BCUT2D eigenvalue weighted by Gasteiger charge is -2.26. The molecule has 0 aliphatic heterocycles. The molecule has 23 heavy (non-hydrogen) atoms. The third-order valence-electron chi connectivity index (χ3n) is 3.20. The molecule has 0 spiro atoms. The maximum Gasteiger partial charge on any atom is 0.344 e. The molecule has 0 fully saturated rings. The van der Waals surface area contributed by atoms with Crippen LogP contribution in [0.3, 0.4) is 0 Å². The molecule has 0 heterocycles. The van der Waals surface area contributed by atoms with Gasteiger partial charge in [0, 0.05) is 16.5 Å². The number of benzene rings is 1. The smallest absolute Gasteiger partial charge is 0.344 e. The lowest BCUT2D eigenvalue weighted by molar-refractivity contribution is -0.145. The number of carbonyl (C=O) groups excluding carboxylic acids is 1.